The van der Waals surface area contributed by atoms with Gasteiger partial charge in [0.1, 0.15) is 0 Å². The maximum absolute atomic E-state index is 11.3. The predicted molar refractivity (Wildman–Crippen MR) is 55.4 cm³/mol. The van der Waals surface area contributed by atoms with Crippen LogP contribution in [0.25, 0.3) is 0 Å². The van der Waals surface area contributed by atoms with E-state index in [1.807, 2.05) is 6.92 Å². The molecule has 0 bridgehead atoms. The van der Waals surface area contributed by atoms with Crippen LogP contribution in [0.4, 0.5) is 0 Å². The van der Waals surface area contributed by atoms with Gasteiger partial charge in [0.05, 0.1) is 12.3 Å². The van der Waals surface area contributed by atoms with Crippen LogP contribution in [0.1, 0.15) is 31.0 Å². The first-order chi connectivity index (χ1) is 7.17. The topological polar surface area (TPSA) is 59.4 Å². The summed E-state index contributed by atoms with van der Waals surface area (Å²) in [4.78, 5) is 15.3. The lowest BCUT2D eigenvalue weighted by Gasteiger charge is -2.07. The molecule has 82 valence electrons. The number of esters is 1. The number of rotatable bonds is 4. The zero-order valence-corrected chi connectivity index (χ0v) is 8.99. The van der Waals surface area contributed by atoms with E-state index in [1.165, 1.54) is 0 Å². The standard InChI is InChI=1S/C11H15NO3/c1-3-4-11(14)15-10-5-9(7-13)6-12-8(10)2/h5-6,13H,3-4,7H2,1-2H3. The molecule has 0 atom stereocenters. The van der Waals surface area contributed by atoms with Gasteiger partial charge in [-0.2, -0.15) is 0 Å². The van der Waals surface area contributed by atoms with E-state index in [0.717, 1.165) is 6.42 Å². The highest BCUT2D eigenvalue weighted by Gasteiger charge is 2.07. The molecule has 0 aromatic carbocycles. The van der Waals surface area contributed by atoms with Gasteiger partial charge in [-0.05, 0) is 25.0 Å². The number of carbonyl (C=O) groups is 1. The Balaban J connectivity index is 2.79. The Bertz CT molecular complexity index is 350. The first-order valence-electron chi connectivity index (χ1n) is 4.94. The largest absolute Gasteiger partial charge is 0.425 e. The van der Waals surface area contributed by atoms with Gasteiger partial charge in [-0.1, -0.05) is 6.92 Å². The van der Waals surface area contributed by atoms with E-state index >= 15 is 0 Å². The van der Waals surface area contributed by atoms with Crippen molar-refractivity contribution >= 4 is 5.97 Å². The minimum Gasteiger partial charge on any atom is -0.425 e. The molecular formula is C11H15NO3. The van der Waals surface area contributed by atoms with Gasteiger partial charge in [0.15, 0.2) is 5.75 Å². The summed E-state index contributed by atoms with van der Waals surface area (Å²) in [6.07, 6.45) is 2.71. The molecule has 0 saturated heterocycles. The van der Waals surface area contributed by atoms with Gasteiger partial charge in [-0.15, -0.1) is 0 Å². The summed E-state index contributed by atoms with van der Waals surface area (Å²) in [7, 11) is 0. The molecule has 1 aromatic heterocycles. The first kappa shape index (κ1) is 11.7. The van der Waals surface area contributed by atoms with E-state index < -0.39 is 0 Å². The second kappa shape index (κ2) is 5.46. The average molecular weight is 209 g/mol. The Morgan fingerprint density at radius 3 is 2.93 bits per heavy atom. The van der Waals surface area contributed by atoms with Gasteiger partial charge in [-0.25, -0.2) is 0 Å². The number of carbonyl (C=O) groups excluding carboxylic acids is 1. The molecule has 0 unspecified atom stereocenters. The summed E-state index contributed by atoms with van der Waals surface area (Å²) in [6.45, 7) is 3.57. The van der Waals surface area contributed by atoms with Crippen LogP contribution in [0.2, 0.25) is 0 Å². The molecule has 1 rings (SSSR count). The van der Waals surface area contributed by atoms with Crippen molar-refractivity contribution in [2.45, 2.75) is 33.3 Å². The Kier molecular flexibility index (Phi) is 4.24. The molecule has 1 aromatic rings. The van der Waals surface area contributed by atoms with Crippen LogP contribution in [-0.4, -0.2) is 16.1 Å². The Morgan fingerprint density at radius 1 is 1.60 bits per heavy atom. The van der Waals surface area contributed by atoms with Crippen LogP contribution in [0.15, 0.2) is 12.3 Å². The highest BCUT2D eigenvalue weighted by atomic mass is 16.5. The Labute approximate surface area is 88.9 Å². The lowest BCUT2D eigenvalue weighted by atomic mass is 10.2. The smallest absolute Gasteiger partial charge is 0.311 e. The van der Waals surface area contributed by atoms with E-state index in [2.05, 4.69) is 4.98 Å². The monoisotopic (exact) mass is 209 g/mol. The van der Waals surface area contributed by atoms with Crippen molar-refractivity contribution in [2.75, 3.05) is 0 Å². The minimum absolute atomic E-state index is 0.106. The zero-order chi connectivity index (χ0) is 11.3. The van der Waals surface area contributed by atoms with Crippen LogP contribution >= 0.6 is 0 Å². The fourth-order valence-electron chi connectivity index (χ4n) is 1.12. The lowest BCUT2D eigenvalue weighted by molar-refractivity contribution is -0.134. The molecule has 4 heteroatoms. The molecule has 0 fully saturated rings. The summed E-state index contributed by atoms with van der Waals surface area (Å²) in [6, 6.07) is 1.63. The quantitative estimate of drug-likeness (QED) is 0.765. The predicted octanol–water partition coefficient (Wildman–Crippen LogP) is 1.59. The van der Waals surface area contributed by atoms with Gasteiger partial charge in [0, 0.05) is 12.6 Å². The van der Waals surface area contributed by atoms with Crippen molar-refractivity contribution in [3.05, 3.63) is 23.5 Å². The summed E-state index contributed by atoms with van der Waals surface area (Å²) in [5.74, 6) is 0.164. The number of hydrogen-bond donors (Lipinski definition) is 1. The number of pyridine rings is 1. The average Bonchev–Trinajstić information content (AvgIpc) is 2.21. The Hall–Kier alpha value is -1.42. The number of aliphatic hydroxyl groups is 1. The number of aryl methyl sites for hydroxylation is 1. The van der Waals surface area contributed by atoms with Crippen molar-refractivity contribution in [2.24, 2.45) is 0 Å². The third kappa shape index (κ3) is 3.32. The highest BCUT2D eigenvalue weighted by molar-refractivity contribution is 5.72. The van der Waals surface area contributed by atoms with Crippen LogP contribution in [0.3, 0.4) is 0 Å². The van der Waals surface area contributed by atoms with Crippen LogP contribution in [0, 0.1) is 6.92 Å². The van der Waals surface area contributed by atoms with Crippen LogP contribution < -0.4 is 4.74 Å². The summed E-state index contributed by atoms with van der Waals surface area (Å²) in [5.41, 5.74) is 1.29. The maximum Gasteiger partial charge on any atom is 0.311 e. The number of aliphatic hydroxyl groups excluding tert-OH is 1. The van der Waals surface area contributed by atoms with Crippen LogP contribution in [0.5, 0.6) is 5.75 Å². The summed E-state index contributed by atoms with van der Waals surface area (Å²) in [5, 5.41) is 8.91. The molecule has 4 nitrogen and oxygen atoms in total. The van der Waals surface area contributed by atoms with Crippen molar-refractivity contribution < 1.29 is 14.6 Å². The SMILES string of the molecule is CCCC(=O)Oc1cc(CO)cnc1C. The van der Waals surface area contributed by atoms with Gasteiger partial charge < -0.3 is 9.84 Å². The normalized spacial score (nSPS) is 10.1. The molecule has 0 saturated carbocycles. The molecule has 15 heavy (non-hydrogen) atoms. The molecular weight excluding hydrogens is 194 g/mol. The molecule has 1 heterocycles. The molecule has 0 spiro atoms. The number of aromatic nitrogens is 1. The van der Waals surface area contributed by atoms with Crippen LogP contribution in [-0.2, 0) is 11.4 Å². The second-order valence-corrected chi connectivity index (χ2v) is 3.31. The van der Waals surface area contributed by atoms with E-state index in [1.54, 1.807) is 19.2 Å². The number of ether oxygens (including phenoxy) is 1. The summed E-state index contributed by atoms with van der Waals surface area (Å²) < 4.78 is 5.12. The van der Waals surface area contributed by atoms with Crippen molar-refractivity contribution in [3.8, 4) is 5.75 Å². The van der Waals surface area contributed by atoms with Crippen molar-refractivity contribution in [3.63, 3.8) is 0 Å². The van der Waals surface area contributed by atoms with E-state index in [0.29, 0.717) is 23.4 Å². The number of nitrogens with zero attached hydrogens (tertiary/aromatic N) is 1. The van der Waals surface area contributed by atoms with Crippen molar-refractivity contribution in [1.29, 1.82) is 0 Å². The molecule has 0 amide bonds. The number of hydrogen-bond acceptors (Lipinski definition) is 4. The molecule has 0 radical (unpaired) electrons. The lowest BCUT2D eigenvalue weighted by Crippen LogP contribution is -2.08. The molecule has 0 aliphatic rings. The fourth-order valence-corrected chi connectivity index (χ4v) is 1.12. The molecule has 1 N–H and O–H groups in total. The molecule has 0 aliphatic carbocycles. The van der Waals surface area contributed by atoms with Gasteiger partial charge >= 0.3 is 5.97 Å². The highest BCUT2D eigenvalue weighted by Crippen LogP contribution is 2.17. The van der Waals surface area contributed by atoms with E-state index in [-0.39, 0.29) is 12.6 Å². The fraction of sp³-hybridized carbons (Fsp3) is 0.455. The maximum atomic E-state index is 11.3. The first-order valence-corrected chi connectivity index (χ1v) is 4.94. The minimum atomic E-state index is -0.266. The third-order valence-corrected chi connectivity index (χ3v) is 1.96. The summed E-state index contributed by atoms with van der Waals surface area (Å²) >= 11 is 0. The van der Waals surface area contributed by atoms with Crippen molar-refractivity contribution in [1.82, 2.24) is 4.98 Å². The second-order valence-electron chi connectivity index (χ2n) is 3.31. The third-order valence-electron chi connectivity index (χ3n) is 1.96. The zero-order valence-electron chi connectivity index (χ0n) is 8.99. The Morgan fingerprint density at radius 2 is 2.33 bits per heavy atom. The molecule has 0 aliphatic heterocycles. The van der Waals surface area contributed by atoms with Gasteiger partial charge in [-0.3, -0.25) is 9.78 Å². The van der Waals surface area contributed by atoms with Gasteiger partial charge in [0.2, 0.25) is 0 Å². The van der Waals surface area contributed by atoms with E-state index in [4.69, 9.17) is 9.84 Å². The van der Waals surface area contributed by atoms with E-state index in [9.17, 15) is 4.79 Å². The van der Waals surface area contributed by atoms with Gasteiger partial charge in [0.25, 0.3) is 0 Å².